The van der Waals surface area contributed by atoms with Gasteiger partial charge in [0, 0.05) is 35.8 Å². The molecule has 2 aromatic rings. The number of nitrogens with zero attached hydrogens (tertiary/aromatic N) is 2. The Balaban J connectivity index is 1.74. The molecule has 1 aliphatic heterocycles. The summed E-state index contributed by atoms with van der Waals surface area (Å²) in [6.45, 7) is -0.0720. The van der Waals surface area contributed by atoms with Crippen LogP contribution in [0, 0.1) is 11.6 Å². The molecule has 0 spiro atoms. The molecule has 1 atom stereocenters. The molecule has 2 N–H and O–H groups in total. The van der Waals surface area contributed by atoms with E-state index in [1.807, 2.05) is 0 Å². The number of halogens is 3. The molecule has 194 valence electrons. The summed E-state index contributed by atoms with van der Waals surface area (Å²) in [6, 6.07) is 7.29. The molecule has 36 heavy (non-hydrogen) atoms. The van der Waals surface area contributed by atoms with Crippen molar-refractivity contribution in [3.8, 4) is 0 Å². The van der Waals surface area contributed by atoms with Crippen LogP contribution in [0.5, 0.6) is 0 Å². The highest BCUT2D eigenvalue weighted by Crippen LogP contribution is 2.33. The second kappa shape index (κ2) is 11.2. The van der Waals surface area contributed by atoms with Crippen molar-refractivity contribution in [2.45, 2.75) is 44.2 Å². The second-order valence-corrected chi connectivity index (χ2v) is 11.0. The summed E-state index contributed by atoms with van der Waals surface area (Å²) >= 11 is 6.42. The molecule has 0 aromatic heterocycles. The molecule has 0 unspecified atom stereocenters. The van der Waals surface area contributed by atoms with Crippen LogP contribution in [-0.4, -0.2) is 50.2 Å². The van der Waals surface area contributed by atoms with Gasteiger partial charge in [0.2, 0.25) is 11.8 Å². The number of nitrogens with one attached hydrogen (secondary N) is 2. The van der Waals surface area contributed by atoms with Crippen LogP contribution in [0.15, 0.2) is 42.5 Å². The quantitative estimate of drug-likeness (QED) is 0.477. The highest BCUT2D eigenvalue weighted by atomic mass is 35.5. The first-order valence-corrected chi connectivity index (χ1v) is 13.6. The molecule has 12 heteroatoms. The molecule has 4 rings (SSSR count). The summed E-state index contributed by atoms with van der Waals surface area (Å²) in [7, 11) is -3.89. The van der Waals surface area contributed by atoms with Gasteiger partial charge in [0.05, 0.1) is 12.2 Å². The highest BCUT2D eigenvalue weighted by Gasteiger charge is 2.37. The minimum Gasteiger partial charge on any atom is -0.351 e. The van der Waals surface area contributed by atoms with Crippen LogP contribution in [0.3, 0.4) is 0 Å². The Morgan fingerprint density at radius 3 is 2.31 bits per heavy atom. The highest BCUT2D eigenvalue weighted by molar-refractivity contribution is 7.87. The van der Waals surface area contributed by atoms with Gasteiger partial charge in [-0.3, -0.25) is 14.5 Å². The van der Waals surface area contributed by atoms with Crippen molar-refractivity contribution >= 4 is 39.3 Å². The normalized spacial score (nSPS) is 17.4. The van der Waals surface area contributed by atoms with Crippen molar-refractivity contribution in [2.75, 3.05) is 24.5 Å². The van der Waals surface area contributed by atoms with Crippen molar-refractivity contribution in [3.63, 3.8) is 0 Å². The third-order valence-corrected chi connectivity index (χ3v) is 8.10. The van der Waals surface area contributed by atoms with Crippen LogP contribution in [-0.2, 0) is 19.8 Å². The second-order valence-electron chi connectivity index (χ2n) is 8.88. The molecule has 1 aliphatic carbocycles. The number of benzene rings is 2. The van der Waals surface area contributed by atoms with Crippen LogP contribution in [0.1, 0.15) is 43.7 Å². The Bertz CT molecular complexity index is 1220. The number of hydrogen-bond acceptors (Lipinski definition) is 4. The lowest BCUT2D eigenvalue weighted by Crippen LogP contribution is -2.50. The fourth-order valence-electron chi connectivity index (χ4n) is 4.35. The van der Waals surface area contributed by atoms with Crippen LogP contribution in [0.2, 0.25) is 5.02 Å². The van der Waals surface area contributed by atoms with Gasteiger partial charge < -0.3 is 5.32 Å². The van der Waals surface area contributed by atoms with E-state index in [0.29, 0.717) is 19.2 Å². The van der Waals surface area contributed by atoms with E-state index in [-0.39, 0.29) is 22.3 Å². The van der Waals surface area contributed by atoms with Crippen LogP contribution in [0.4, 0.5) is 14.5 Å². The zero-order valence-corrected chi connectivity index (χ0v) is 21.0. The van der Waals surface area contributed by atoms with E-state index in [1.165, 1.54) is 6.07 Å². The van der Waals surface area contributed by atoms with Gasteiger partial charge in [-0.25, -0.2) is 8.78 Å². The summed E-state index contributed by atoms with van der Waals surface area (Å²) in [5.74, 6) is -3.38. The van der Waals surface area contributed by atoms with Gasteiger partial charge in [0.15, 0.2) is 0 Å². The number of hydrogen-bond donors (Lipinski definition) is 2. The number of carbonyl (C=O) groups excluding carboxylic acids is 2. The van der Waals surface area contributed by atoms with Crippen molar-refractivity contribution in [1.82, 2.24) is 14.3 Å². The summed E-state index contributed by atoms with van der Waals surface area (Å²) in [5.41, 5.74) is -0.00793. The third-order valence-electron chi connectivity index (χ3n) is 6.20. The van der Waals surface area contributed by atoms with E-state index in [2.05, 4.69) is 10.0 Å². The number of carbonyl (C=O) groups is 2. The Morgan fingerprint density at radius 1 is 1.06 bits per heavy atom. The molecule has 1 heterocycles. The van der Waals surface area contributed by atoms with Crippen LogP contribution < -0.4 is 14.9 Å². The predicted molar refractivity (Wildman–Crippen MR) is 132 cm³/mol. The van der Waals surface area contributed by atoms with Crippen molar-refractivity contribution < 1.29 is 26.8 Å². The van der Waals surface area contributed by atoms with Crippen molar-refractivity contribution in [1.29, 1.82) is 0 Å². The molecule has 2 aliphatic rings. The molecule has 8 nitrogen and oxygen atoms in total. The topological polar surface area (TPSA) is 98.6 Å². The number of anilines is 1. The molecular formula is C24H27ClF2N4O4S. The monoisotopic (exact) mass is 540 g/mol. The summed E-state index contributed by atoms with van der Waals surface area (Å²) < 4.78 is 56.3. The van der Waals surface area contributed by atoms with E-state index in [4.69, 9.17) is 11.6 Å². The largest absolute Gasteiger partial charge is 0.351 e. The summed E-state index contributed by atoms with van der Waals surface area (Å²) in [4.78, 5) is 28.1. The average molecular weight is 541 g/mol. The standard InChI is InChI=1S/C24H27ClF2N4O4S/c25-21-9-5-4-8-20(21)23(24(33)29-18-6-2-1-3-7-18)31(19-13-16(26)12-17(27)14-19)22(32)15-28-36(34,35)30-10-11-30/h4-5,8-9,12-14,18,23,28H,1-3,6-7,10-11,15H2,(H,29,33)/t23-/m1/s1. The van der Waals surface area contributed by atoms with Gasteiger partial charge in [0.1, 0.15) is 17.7 Å². The van der Waals surface area contributed by atoms with E-state index in [1.54, 1.807) is 18.2 Å². The van der Waals surface area contributed by atoms with Gasteiger partial charge in [-0.15, -0.1) is 0 Å². The Labute approximate surface area is 213 Å². The lowest BCUT2D eigenvalue weighted by Gasteiger charge is -2.34. The number of rotatable bonds is 9. The van der Waals surface area contributed by atoms with Gasteiger partial charge >= 0.3 is 0 Å². The summed E-state index contributed by atoms with van der Waals surface area (Å²) in [5, 5.41) is 3.12. The first-order chi connectivity index (χ1) is 17.2. The molecular weight excluding hydrogens is 514 g/mol. The molecule has 2 fully saturated rings. The molecule has 1 saturated heterocycles. The Kier molecular flexibility index (Phi) is 8.23. The third kappa shape index (κ3) is 6.39. The van der Waals surface area contributed by atoms with E-state index in [0.717, 1.165) is 53.4 Å². The molecule has 0 radical (unpaired) electrons. The van der Waals surface area contributed by atoms with Gasteiger partial charge in [-0.1, -0.05) is 49.1 Å². The zero-order valence-electron chi connectivity index (χ0n) is 19.4. The minimum atomic E-state index is -3.89. The van der Waals surface area contributed by atoms with Crippen LogP contribution in [0.25, 0.3) is 0 Å². The predicted octanol–water partition coefficient (Wildman–Crippen LogP) is 3.29. The Hall–Kier alpha value is -2.60. The Morgan fingerprint density at radius 2 is 1.69 bits per heavy atom. The molecule has 2 aromatic carbocycles. The lowest BCUT2D eigenvalue weighted by molar-refractivity contribution is -0.127. The molecule has 1 saturated carbocycles. The van der Waals surface area contributed by atoms with Crippen LogP contribution >= 0.6 is 11.6 Å². The minimum absolute atomic E-state index is 0.126. The van der Waals surface area contributed by atoms with Gasteiger partial charge in [-0.05, 0) is 31.0 Å². The maximum absolute atomic E-state index is 14.2. The zero-order chi connectivity index (χ0) is 25.9. The van der Waals surface area contributed by atoms with Gasteiger partial charge in [0.25, 0.3) is 10.2 Å². The fraction of sp³-hybridized carbons (Fsp3) is 0.417. The fourth-order valence-corrected chi connectivity index (χ4v) is 5.64. The smallest absolute Gasteiger partial charge is 0.280 e. The van der Waals surface area contributed by atoms with E-state index >= 15 is 0 Å². The van der Waals surface area contributed by atoms with E-state index < -0.39 is 46.2 Å². The maximum atomic E-state index is 14.2. The van der Waals surface area contributed by atoms with Crippen molar-refractivity contribution in [2.24, 2.45) is 0 Å². The van der Waals surface area contributed by atoms with E-state index in [9.17, 15) is 26.8 Å². The average Bonchev–Trinajstić information content (AvgIpc) is 3.68. The summed E-state index contributed by atoms with van der Waals surface area (Å²) in [6.07, 6.45) is 4.47. The number of amides is 2. The molecule has 0 bridgehead atoms. The first kappa shape index (κ1) is 26.5. The SMILES string of the molecule is O=C(NC1CCCCC1)[C@@H](c1ccccc1Cl)N(C(=O)CNS(=O)(=O)N1CC1)c1cc(F)cc(F)c1. The molecule has 2 amide bonds. The maximum Gasteiger partial charge on any atom is 0.280 e. The lowest BCUT2D eigenvalue weighted by atomic mass is 9.94. The van der Waals surface area contributed by atoms with Gasteiger partial charge in [-0.2, -0.15) is 17.4 Å². The van der Waals surface area contributed by atoms with Crippen molar-refractivity contribution in [3.05, 3.63) is 64.7 Å². The first-order valence-electron chi connectivity index (χ1n) is 11.7.